The summed E-state index contributed by atoms with van der Waals surface area (Å²) < 4.78 is 0. The minimum absolute atomic E-state index is 0. The van der Waals surface area contributed by atoms with Gasteiger partial charge >= 0.3 is 0 Å². The maximum atomic E-state index is 6.37. The topological polar surface area (TPSA) is 52.6 Å². The van der Waals surface area contributed by atoms with E-state index in [9.17, 15) is 0 Å². The summed E-state index contributed by atoms with van der Waals surface area (Å²) in [6.45, 7) is 4.80. The molecule has 0 amide bonds. The van der Waals surface area contributed by atoms with E-state index in [2.05, 4.69) is 38.5 Å². The van der Waals surface area contributed by atoms with E-state index >= 15 is 0 Å². The van der Waals surface area contributed by atoms with Crippen LogP contribution in [0.15, 0.2) is 35.5 Å². The zero-order valence-corrected chi connectivity index (χ0v) is 19.6. The van der Waals surface area contributed by atoms with Gasteiger partial charge in [-0.1, -0.05) is 30.7 Å². The van der Waals surface area contributed by atoms with Gasteiger partial charge in [0.15, 0.2) is 5.96 Å². The monoisotopic (exact) mass is 519 g/mol. The van der Waals surface area contributed by atoms with E-state index < -0.39 is 0 Å². The largest absolute Gasteiger partial charge is 0.368 e. The zero-order valence-electron chi connectivity index (χ0n) is 15.7. The van der Waals surface area contributed by atoms with E-state index in [4.69, 9.17) is 11.6 Å². The van der Waals surface area contributed by atoms with Crippen LogP contribution >= 0.6 is 46.9 Å². The van der Waals surface area contributed by atoms with Crippen molar-refractivity contribution >= 4 is 58.6 Å². The van der Waals surface area contributed by atoms with Crippen molar-refractivity contribution in [2.24, 2.45) is 4.99 Å². The van der Waals surface area contributed by atoms with Gasteiger partial charge in [-0.15, -0.1) is 35.3 Å². The summed E-state index contributed by atoms with van der Waals surface area (Å²) in [7, 11) is 1.81. The van der Waals surface area contributed by atoms with Gasteiger partial charge in [0.1, 0.15) is 5.01 Å². The van der Waals surface area contributed by atoms with Crippen molar-refractivity contribution in [1.29, 1.82) is 0 Å². The fourth-order valence-electron chi connectivity index (χ4n) is 3.16. The Morgan fingerprint density at radius 1 is 1.41 bits per heavy atom. The summed E-state index contributed by atoms with van der Waals surface area (Å²) >= 11 is 8.12. The highest BCUT2D eigenvalue weighted by atomic mass is 127. The van der Waals surface area contributed by atoms with E-state index in [1.165, 1.54) is 4.88 Å². The molecule has 5 nitrogen and oxygen atoms in total. The van der Waals surface area contributed by atoms with Crippen LogP contribution in [0.5, 0.6) is 0 Å². The number of aromatic nitrogens is 1. The average Bonchev–Trinajstić information content (AvgIpc) is 3.14. The van der Waals surface area contributed by atoms with E-state index in [0.29, 0.717) is 12.6 Å². The van der Waals surface area contributed by atoms with Gasteiger partial charge in [-0.3, -0.25) is 4.99 Å². The number of benzene rings is 1. The lowest BCUT2D eigenvalue weighted by atomic mass is 10.0. The number of aryl methyl sites for hydroxylation is 1. The highest BCUT2D eigenvalue weighted by Gasteiger charge is 2.22. The summed E-state index contributed by atoms with van der Waals surface area (Å²) in [5.41, 5.74) is 1.11. The van der Waals surface area contributed by atoms with Crippen molar-refractivity contribution in [3.8, 4) is 0 Å². The van der Waals surface area contributed by atoms with Crippen LogP contribution in [0.25, 0.3) is 0 Å². The molecule has 2 heterocycles. The SMILES string of the molecule is CCc1cnc(CNC(=NC)NC2CCCN(c3ccccc3Cl)C2)s1.I. The number of para-hydroxylation sites is 1. The van der Waals surface area contributed by atoms with Crippen LogP contribution in [0.3, 0.4) is 0 Å². The second-order valence-electron chi connectivity index (χ2n) is 6.38. The van der Waals surface area contributed by atoms with E-state index in [-0.39, 0.29) is 24.0 Å². The van der Waals surface area contributed by atoms with E-state index in [1.807, 2.05) is 31.4 Å². The summed E-state index contributed by atoms with van der Waals surface area (Å²) in [6.07, 6.45) is 5.25. The molecule has 2 aromatic rings. The van der Waals surface area contributed by atoms with Crippen LogP contribution in [0, 0.1) is 0 Å². The molecule has 1 fully saturated rings. The van der Waals surface area contributed by atoms with Crippen molar-refractivity contribution in [2.45, 2.75) is 38.8 Å². The molecule has 0 saturated carbocycles. The molecule has 8 heteroatoms. The van der Waals surface area contributed by atoms with Crippen LogP contribution in [0.1, 0.15) is 29.7 Å². The molecular weight excluding hydrogens is 493 g/mol. The van der Waals surface area contributed by atoms with Crippen molar-refractivity contribution in [3.63, 3.8) is 0 Å². The van der Waals surface area contributed by atoms with Gasteiger partial charge in [-0.25, -0.2) is 4.98 Å². The second-order valence-corrected chi connectivity index (χ2v) is 7.99. The number of nitrogens with zero attached hydrogens (tertiary/aromatic N) is 3. The van der Waals surface area contributed by atoms with Crippen molar-refractivity contribution in [2.75, 3.05) is 25.0 Å². The van der Waals surface area contributed by atoms with Crippen LogP contribution in [0.2, 0.25) is 5.02 Å². The lowest BCUT2D eigenvalue weighted by Gasteiger charge is -2.35. The maximum Gasteiger partial charge on any atom is 0.191 e. The van der Waals surface area contributed by atoms with Gasteiger partial charge in [-0.05, 0) is 31.4 Å². The minimum Gasteiger partial charge on any atom is -0.368 e. The molecule has 3 rings (SSSR count). The first kappa shape index (κ1) is 22.2. The number of thiazole rings is 1. The van der Waals surface area contributed by atoms with Crippen LogP contribution in [0.4, 0.5) is 5.69 Å². The normalized spacial score (nSPS) is 17.4. The molecule has 1 aromatic carbocycles. The highest BCUT2D eigenvalue weighted by molar-refractivity contribution is 14.0. The number of hydrogen-bond donors (Lipinski definition) is 2. The van der Waals surface area contributed by atoms with Crippen LogP contribution < -0.4 is 15.5 Å². The fraction of sp³-hybridized carbons (Fsp3) is 0.474. The van der Waals surface area contributed by atoms with Gasteiger partial charge in [0.2, 0.25) is 0 Å². The first-order valence-electron chi connectivity index (χ1n) is 9.09. The molecule has 0 spiro atoms. The standard InChI is InChI=1S/C19H26ClN5S.HI/c1-3-15-11-22-18(26-15)12-23-19(21-2)24-14-7-6-10-25(13-14)17-9-5-4-8-16(17)20;/h4-5,8-9,11,14H,3,6-7,10,12-13H2,1-2H3,(H2,21,23,24);1H. The Hall–Kier alpha value is -1.06. The van der Waals surface area contributed by atoms with Crippen LogP contribution in [-0.4, -0.2) is 37.1 Å². The van der Waals surface area contributed by atoms with Gasteiger partial charge in [0, 0.05) is 37.3 Å². The molecular formula is C19H27ClIN5S. The van der Waals surface area contributed by atoms with Gasteiger partial charge < -0.3 is 15.5 Å². The number of anilines is 1. The van der Waals surface area contributed by atoms with E-state index in [0.717, 1.165) is 54.0 Å². The summed E-state index contributed by atoms with van der Waals surface area (Å²) in [5, 5.41) is 8.83. The molecule has 0 radical (unpaired) electrons. The summed E-state index contributed by atoms with van der Waals surface area (Å²) in [4.78, 5) is 12.5. The number of halogens is 2. The number of nitrogens with one attached hydrogen (secondary N) is 2. The fourth-order valence-corrected chi connectivity index (χ4v) is 4.22. The lowest BCUT2D eigenvalue weighted by molar-refractivity contribution is 0.468. The van der Waals surface area contributed by atoms with Gasteiger partial charge in [0.05, 0.1) is 17.3 Å². The second kappa shape index (κ2) is 11.1. The van der Waals surface area contributed by atoms with Gasteiger partial charge in [-0.2, -0.15) is 0 Å². The molecule has 1 saturated heterocycles. The average molecular weight is 520 g/mol. The van der Waals surface area contributed by atoms with Crippen LogP contribution in [-0.2, 0) is 13.0 Å². The Balaban J connectivity index is 0.00000261. The number of aliphatic imine (C=N–C) groups is 1. The van der Waals surface area contributed by atoms with E-state index in [1.54, 1.807) is 11.3 Å². The third-order valence-corrected chi connectivity index (χ3v) is 6.00. The molecule has 1 aliphatic heterocycles. The molecule has 0 aliphatic carbocycles. The molecule has 148 valence electrons. The molecule has 0 bridgehead atoms. The Morgan fingerprint density at radius 2 is 2.22 bits per heavy atom. The molecule has 1 aromatic heterocycles. The third-order valence-electron chi connectivity index (χ3n) is 4.54. The minimum atomic E-state index is 0. The van der Waals surface area contributed by atoms with Crippen molar-refractivity contribution in [3.05, 3.63) is 45.4 Å². The molecule has 2 N–H and O–H groups in total. The summed E-state index contributed by atoms with van der Waals surface area (Å²) in [6, 6.07) is 8.39. The molecule has 1 unspecified atom stereocenters. The third kappa shape index (κ3) is 6.22. The van der Waals surface area contributed by atoms with Crippen molar-refractivity contribution < 1.29 is 0 Å². The Labute approximate surface area is 187 Å². The Kier molecular flexibility index (Phi) is 9.11. The number of guanidine groups is 1. The smallest absolute Gasteiger partial charge is 0.191 e. The molecule has 27 heavy (non-hydrogen) atoms. The maximum absolute atomic E-state index is 6.37. The molecule has 1 atom stereocenters. The number of hydrogen-bond acceptors (Lipinski definition) is 4. The predicted octanol–water partition coefficient (Wildman–Crippen LogP) is 4.31. The first-order chi connectivity index (χ1) is 12.7. The Bertz CT molecular complexity index is 751. The zero-order chi connectivity index (χ0) is 18.4. The quantitative estimate of drug-likeness (QED) is 0.351. The first-order valence-corrected chi connectivity index (χ1v) is 10.3. The highest BCUT2D eigenvalue weighted by Crippen LogP contribution is 2.27. The lowest BCUT2D eigenvalue weighted by Crippen LogP contribution is -2.51. The molecule has 1 aliphatic rings. The summed E-state index contributed by atoms with van der Waals surface area (Å²) in [5.74, 6) is 0.823. The Morgan fingerprint density at radius 3 is 2.93 bits per heavy atom. The van der Waals surface area contributed by atoms with Gasteiger partial charge in [0.25, 0.3) is 0 Å². The van der Waals surface area contributed by atoms with Crippen molar-refractivity contribution in [1.82, 2.24) is 15.6 Å². The predicted molar refractivity (Wildman–Crippen MR) is 127 cm³/mol. The number of rotatable bonds is 5. The number of piperidine rings is 1.